The Morgan fingerprint density at radius 3 is 3.07 bits per heavy atom. The summed E-state index contributed by atoms with van der Waals surface area (Å²) in [5.41, 5.74) is 2.30. The van der Waals surface area contributed by atoms with Gasteiger partial charge >= 0.3 is 0 Å². The van der Waals surface area contributed by atoms with Crippen LogP contribution in [0, 0.1) is 6.92 Å². The van der Waals surface area contributed by atoms with E-state index < -0.39 is 0 Å². The summed E-state index contributed by atoms with van der Waals surface area (Å²) >= 11 is 0. The highest BCUT2D eigenvalue weighted by Gasteiger charge is 2.15. The van der Waals surface area contributed by atoms with Crippen molar-refractivity contribution in [3.05, 3.63) is 29.3 Å². The maximum Gasteiger partial charge on any atom is 0.118 e. The number of hydrogen-bond donors (Lipinski definition) is 2. The van der Waals surface area contributed by atoms with Gasteiger partial charge in [0.2, 0.25) is 0 Å². The van der Waals surface area contributed by atoms with Gasteiger partial charge in [-0.15, -0.1) is 0 Å². The zero-order valence-electron chi connectivity index (χ0n) is 8.59. The first-order chi connectivity index (χ1) is 6.77. The van der Waals surface area contributed by atoms with Crippen LogP contribution in [-0.2, 0) is 6.42 Å². The molecule has 14 heavy (non-hydrogen) atoms. The highest BCUT2D eigenvalue weighted by molar-refractivity contribution is 5.38. The number of phenolic OH excluding ortho intramolecular Hbond substituents is 1. The van der Waals surface area contributed by atoms with Gasteiger partial charge in [-0.3, -0.25) is 0 Å². The van der Waals surface area contributed by atoms with Gasteiger partial charge in [-0.1, -0.05) is 12.1 Å². The van der Waals surface area contributed by atoms with Gasteiger partial charge < -0.3 is 10.4 Å². The van der Waals surface area contributed by atoms with Crippen LogP contribution in [0.5, 0.6) is 5.75 Å². The molecule has 0 radical (unpaired) electrons. The summed E-state index contributed by atoms with van der Waals surface area (Å²) in [5, 5.41) is 13.0. The minimum Gasteiger partial charge on any atom is -0.508 e. The number of aromatic hydroxyl groups is 1. The van der Waals surface area contributed by atoms with E-state index in [1.54, 1.807) is 6.07 Å². The van der Waals surface area contributed by atoms with E-state index >= 15 is 0 Å². The average Bonchev–Trinajstić information content (AvgIpc) is 2.66. The zero-order chi connectivity index (χ0) is 9.97. The van der Waals surface area contributed by atoms with E-state index in [4.69, 9.17) is 0 Å². The molecule has 0 saturated carbocycles. The maximum atomic E-state index is 9.55. The lowest BCUT2D eigenvalue weighted by atomic mass is 10.00. The SMILES string of the molecule is Cc1c(O)cccc1CC1CCCN1. The summed E-state index contributed by atoms with van der Waals surface area (Å²) in [5.74, 6) is 0.417. The van der Waals surface area contributed by atoms with E-state index in [-0.39, 0.29) is 0 Å². The fourth-order valence-corrected chi connectivity index (χ4v) is 2.09. The van der Waals surface area contributed by atoms with Gasteiger partial charge in [-0.05, 0) is 49.9 Å². The molecule has 1 aromatic rings. The molecule has 1 heterocycles. The fraction of sp³-hybridized carbons (Fsp3) is 0.500. The smallest absolute Gasteiger partial charge is 0.118 e. The molecule has 1 aromatic carbocycles. The largest absolute Gasteiger partial charge is 0.508 e. The van der Waals surface area contributed by atoms with Crippen molar-refractivity contribution in [3.63, 3.8) is 0 Å². The molecule has 2 rings (SSSR count). The highest BCUT2D eigenvalue weighted by atomic mass is 16.3. The lowest BCUT2D eigenvalue weighted by Gasteiger charge is -2.12. The fourth-order valence-electron chi connectivity index (χ4n) is 2.09. The van der Waals surface area contributed by atoms with Gasteiger partial charge in [-0.2, -0.15) is 0 Å². The Hall–Kier alpha value is -1.02. The van der Waals surface area contributed by atoms with E-state index in [1.807, 2.05) is 13.0 Å². The van der Waals surface area contributed by atoms with Crippen LogP contribution >= 0.6 is 0 Å². The van der Waals surface area contributed by atoms with Crippen LogP contribution in [0.2, 0.25) is 0 Å². The summed E-state index contributed by atoms with van der Waals surface area (Å²) in [6.07, 6.45) is 3.58. The minimum atomic E-state index is 0.417. The molecule has 2 heteroatoms. The van der Waals surface area contributed by atoms with Crippen molar-refractivity contribution < 1.29 is 5.11 Å². The molecule has 76 valence electrons. The van der Waals surface area contributed by atoms with Crippen molar-refractivity contribution in [2.24, 2.45) is 0 Å². The van der Waals surface area contributed by atoms with Gasteiger partial charge in [0, 0.05) is 6.04 Å². The van der Waals surface area contributed by atoms with Crippen molar-refractivity contribution in [2.75, 3.05) is 6.54 Å². The molecular weight excluding hydrogens is 174 g/mol. The third-order valence-electron chi connectivity index (χ3n) is 3.05. The van der Waals surface area contributed by atoms with E-state index in [0.717, 1.165) is 18.5 Å². The number of benzene rings is 1. The molecule has 2 N–H and O–H groups in total. The van der Waals surface area contributed by atoms with Crippen molar-refractivity contribution in [1.29, 1.82) is 0 Å². The molecular formula is C12H17NO. The molecule has 1 aliphatic heterocycles. The number of rotatable bonds is 2. The molecule has 1 saturated heterocycles. The first-order valence-corrected chi connectivity index (χ1v) is 5.28. The molecule has 0 spiro atoms. The quantitative estimate of drug-likeness (QED) is 0.749. The van der Waals surface area contributed by atoms with Crippen LogP contribution in [0.3, 0.4) is 0 Å². The molecule has 0 aliphatic carbocycles. The molecule has 0 bridgehead atoms. The van der Waals surface area contributed by atoms with Gasteiger partial charge in [0.25, 0.3) is 0 Å². The first-order valence-electron chi connectivity index (χ1n) is 5.28. The lowest BCUT2D eigenvalue weighted by Crippen LogP contribution is -2.23. The van der Waals surface area contributed by atoms with Crippen LogP contribution < -0.4 is 5.32 Å². The normalized spacial score (nSPS) is 21.4. The Morgan fingerprint density at radius 2 is 2.36 bits per heavy atom. The zero-order valence-corrected chi connectivity index (χ0v) is 8.59. The van der Waals surface area contributed by atoms with Crippen molar-refractivity contribution in [1.82, 2.24) is 5.32 Å². The maximum absolute atomic E-state index is 9.55. The van der Waals surface area contributed by atoms with E-state index in [0.29, 0.717) is 11.8 Å². The molecule has 0 aromatic heterocycles. The topological polar surface area (TPSA) is 32.3 Å². The second-order valence-corrected chi connectivity index (χ2v) is 4.06. The van der Waals surface area contributed by atoms with Gasteiger partial charge in [-0.25, -0.2) is 0 Å². The second kappa shape index (κ2) is 4.01. The van der Waals surface area contributed by atoms with Gasteiger partial charge in [0.1, 0.15) is 5.75 Å². The van der Waals surface area contributed by atoms with E-state index in [1.165, 1.54) is 18.4 Å². The number of phenols is 1. The monoisotopic (exact) mass is 191 g/mol. The molecule has 2 nitrogen and oxygen atoms in total. The Morgan fingerprint density at radius 1 is 1.50 bits per heavy atom. The van der Waals surface area contributed by atoms with Crippen LogP contribution in [0.1, 0.15) is 24.0 Å². The molecule has 1 aliphatic rings. The third kappa shape index (κ3) is 1.90. The number of nitrogens with one attached hydrogen (secondary N) is 1. The molecule has 1 unspecified atom stereocenters. The van der Waals surface area contributed by atoms with Crippen molar-refractivity contribution in [2.45, 2.75) is 32.2 Å². The lowest BCUT2D eigenvalue weighted by molar-refractivity contribution is 0.469. The Balaban J connectivity index is 2.11. The van der Waals surface area contributed by atoms with Gasteiger partial charge in [0.15, 0.2) is 0 Å². The summed E-state index contributed by atoms with van der Waals surface area (Å²) in [6, 6.07) is 6.39. The Labute approximate surface area is 85.0 Å². The number of hydrogen-bond acceptors (Lipinski definition) is 2. The minimum absolute atomic E-state index is 0.417. The average molecular weight is 191 g/mol. The van der Waals surface area contributed by atoms with Crippen LogP contribution in [-0.4, -0.2) is 17.7 Å². The summed E-state index contributed by atoms with van der Waals surface area (Å²) in [7, 11) is 0. The molecule has 0 amide bonds. The summed E-state index contributed by atoms with van der Waals surface area (Å²) < 4.78 is 0. The van der Waals surface area contributed by atoms with Crippen molar-refractivity contribution in [3.8, 4) is 5.75 Å². The van der Waals surface area contributed by atoms with Crippen LogP contribution in [0.15, 0.2) is 18.2 Å². The van der Waals surface area contributed by atoms with Gasteiger partial charge in [0.05, 0.1) is 0 Å². The highest BCUT2D eigenvalue weighted by Crippen LogP contribution is 2.22. The second-order valence-electron chi connectivity index (χ2n) is 4.06. The molecule has 1 atom stereocenters. The Kier molecular flexibility index (Phi) is 2.73. The predicted molar refractivity (Wildman–Crippen MR) is 57.6 cm³/mol. The van der Waals surface area contributed by atoms with E-state index in [2.05, 4.69) is 11.4 Å². The summed E-state index contributed by atoms with van der Waals surface area (Å²) in [4.78, 5) is 0. The third-order valence-corrected chi connectivity index (χ3v) is 3.05. The first kappa shape index (κ1) is 9.53. The van der Waals surface area contributed by atoms with Crippen molar-refractivity contribution >= 4 is 0 Å². The Bertz CT molecular complexity index is 316. The summed E-state index contributed by atoms with van der Waals surface area (Å²) in [6.45, 7) is 3.13. The molecule has 1 fully saturated rings. The van der Waals surface area contributed by atoms with Crippen LogP contribution in [0.25, 0.3) is 0 Å². The van der Waals surface area contributed by atoms with Crippen LogP contribution in [0.4, 0.5) is 0 Å². The van der Waals surface area contributed by atoms with E-state index in [9.17, 15) is 5.11 Å². The standard InChI is InChI=1S/C12H17NO/c1-9-10(4-2-6-12(9)14)8-11-5-3-7-13-11/h2,4,6,11,13-14H,3,5,7-8H2,1H3. The predicted octanol–water partition coefficient (Wildman–Crippen LogP) is 2.00.